The molecule has 10 amide bonds. The fourth-order valence-electron chi connectivity index (χ4n) is 12.3. The van der Waals surface area contributed by atoms with Crippen LogP contribution < -0.4 is 30.7 Å². The third-order valence-electron chi connectivity index (χ3n) is 17.9. The number of cyclic esters (lactones) is 2. The zero-order valence-electron chi connectivity index (χ0n) is 58.3. The fraction of sp³-hybridized carbons (Fsp3) is 0.444. The number of benzene rings is 4. The topological polar surface area (TPSA) is 361 Å². The van der Waals surface area contributed by atoms with Crippen molar-refractivity contribution in [3.8, 4) is 11.8 Å². The molecule has 0 saturated carbocycles. The summed E-state index contributed by atoms with van der Waals surface area (Å²) in [5.74, 6) is -11.9. The van der Waals surface area contributed by atoms with Crippen molar-refractivity contribution in [1.29, 1.82) is 0 Å². The van der Waals surface area contributed by atoms with Gasteiger partial charge in [0.15, 0.2) is 11.4 Å². The molecule has 6 aromatic rings. The number of carbonyl (C=O) groups is 12. The molecule has 3 aliphatic rings. The molecular weight excluding hydrogens is 1320 g/mol. The summed E-state index contributed by atoms with van der Waals surface area (Å²) in [5.41, 5.74) is 2.19. The van der Waals surface area contributed by atoms with Crippen molar-refractivity contribution >= 4 is 93.1 Å². The second-order valence-electron chi connectivity index (χ2n) is 26.0. The Morgan fingerprint density at radius 3 is 1.18 bits per heavy atom. The average molecular weight is 1400 g/mol. The number of piperidine rings is 2. The number of para-hydroxylation sites is 4. The highest BCUT2D eigenvalue weighted by Gasteiger charge is 2.42. The first-order valence-electron chi connectivity index (χ1n) is 33.9. The van der Waals surface area contributed by atoms with Crippen molar-refractivity contribution in [2.45, 2.75) is 116 Å². The summed E-state index contributed by atoms with van der Waals surface area (Å²) in [6.07, 6.45) is 1.92. The number of rotatable bonds is 12. The van der Waals surface area contributed by atoms with Crippen LogP contribution in [0.1, 0.15) is 98.3 Å². The van der Waals surface area contributed by atoms with E-state index >= 15 is 9.59 Å². The second-order valence-corrected chi connectivity index (χ2v) is 26.0. The molecule has 0 bridgehead atoms. The van der Waals surface area contributed by atoms with Crippen molar-refractivity contribution in [2.24, 2.45) is 11.8 Å². The fourth-order valence-corrected chi connectivity index (χ4v) is 12.3. The number of hydrogen-bond acceptors (Lipinski definition) is 20. The van der Waals surface area contributed by atoms with Gasteiger partial charge in [0.2, 0.25) is 59.0 Å². The molecule has 2 aromatic heterocycles. The molecule has 0 aliphatic carbocycles. The summed E-state index contributed by atoms with van der Waals surface area (Å²) in [6.45, 7) is 2.18. The normalized spacial score (nSPS) is 21.3. The molecule has 6 atom stereocenters. The van der Waals surface area contributed by atoms with Crippen LogP contribution in [0.2, 0.25) is 0 Å². The van der Waals surface area contributed by atoms with E-state index in [0.29, 0.717) is 47.8 Å². The van der Waals surface area contributed by atoms with Gasteiger partial charge in [-0.1, -0.05) is 113 Å². The molecule has 540 valence electrons. The van der Waals surface area contributed by atoms with E-state index in [1.54, 1.807) is 125 Å². The largest absolute Gasteiger partial charge is 0.471 e. The van der Waals surface area contributed by atoms with E-state index in [1.165, 1.54) is 38.0 Å². The molecule has 4 N–H and O–H groups in total. The maximum absolute atomic E-state index is 15.1. The predicted octanol–water partition coefficient (Wildman–Crippen LogP) is 2.61. The van der Waals surface area contributed by atoms with Gasteiger partial charge in [0.05, 0.1) is 48.2 Å². The van der Waals surface area contributed by atoms with Gasteiger partial charge in [0, 0.05) is 41.3 Å². The van der Waals surface area contributed by atoms with Crippen molar-refractivity contribution in [3.63, 3.8) is 0 Å². The molecular formula is C72H86N14O16. The molecule has 0 radical (unpaired) electrons. The predicted molar refractivity (Wildman–Crippen MR) is 368 cm³/mol. The Bertz CT molecular complexity index is 3830. The molecule has 4 aromatic carbocycles. The van der Waals surface area contributed by atoms with Crippen LogP contribution in [0.15, 0.2) is 109 Å². The standard InChI is InChI=1S/C72H86N14O16/c1-43(2)61-71(97)101-41-51(77-65(93)59-67(99-39-45-23-11-9-12-24-45)79-49-29-17-15-27-47(49)75-59)69(95)85-33-21-19-31-53(85)63(91)74-36-56(88)82(6)38-58(90)84(8)62(44(3)4)72(98)102-42-52(70(96)86-34-22-20-32-54(86)64(92)73-35-55(87)81(5)37-57(89)83(61)7)78-66(94)60-68(100-40-46-25-13-10-14-26-46)80-50-30-18-16-28-48(50)76-60/h9-18,23-30,43-44,51-54,61-62H,19-22,31-42H2,1-8H3,(H,73,92)(H,74,91)(H,77,93)(H,78,94)/t51-,52-,53+,54+,61+,62+/m1/s1. The van der Waals surface area contributed by atoms with Gasteiger partial charge in [0.25, 0.3) is 11.8 Å². The molecule has 30 nitrogen and oxygen atoms in total. The molecule has 30 heteroatoms. The highest BCUT2D eigenvalue weighted by Crippen LogP contribution is 2.26. The summed E-state index contributed by atoms with van der Waals surface area (Å²) in [4.78, 5) is 198. The van der Waals surface area contributed by atoms with Crippen molar-refractivity contribution < 1.29 is 76.5 Å². The summed E-state index contributed by atoms with van der Waals surface area (Å²) in [7, 11) is 5.24. The Morgan fingerprint density at radius 1 is 0.480 bits per heavy atom. The van der Waals surface area contributed by atoms with Gasteiger partial charge >= 0.3 is 11.9 Å². The minimum Gasteiger partial charge on any atom is -0.471 e. The molecule has 3 aliphatic heterocycles. The summed E-state index contributed by atoms with van der Waals surface area (Å²) in [6, 6.07) is 22.9. The van der Waals surface area contributed by atoms with Crippen LogP contribution in [-0.2, 0) is 70.6 Å². The maximum atomic E-state index is 15.1. The molecule has 3 fully saturated rings. The van der Waals surface area contributed by atoms with Gasteiger partial charge in [-0.05, 0) is 85.8 Å². The van der Waals surface area contributed by atoms with Crippen LogP contribution in [0.5, 0.6) is 11.8 Å². The third kappa shape index (κ3) is 18.8. The van der Waals surface area contributed by atoms with Crippen LogP contribution in [0.4, 0.5) is 0 Å². The Hall–Kier alpha value is -11.2. The van der Waals surface area contributed by atoms with Gasteiger partial charge in [-0.25, -0.2) is 29.5 Å². The summed E-state index contributed by atoms with van der Waals surface area (Å²) in [5, 5.41) is 10.5. The van der Waals surface area contributed by atoms with E-state index in [9.17, 15) is 47.9 Å². The quantitative estimate of drug-likeness (QED) is 0.128. The number of amides is 10. The molecule has 102 heavy (non-hydrogen) atoms. The number of fused-ring (bicyclic) bond motifs is 4. The minimum absolute atomic E-state index is 0.0225. The zero-order valence-corrected chi connectivity index (χ0v) is 58.3. The van der Waals surface area contributed by atoms with E-state index < -0.39 is 158 Å². The lowest BCUT2D eigenvalue weighted by Gasteiger charge is -2.37. The highest BCUT2D eigenvalue weighted by molar-refractivity contribution is 6.02. The first kappa shape index (κ1) is 75.0. The monoisotopic (exact) mass is 1400 g/mol. The van der Waals surface area contributed by atoms with Crippen LogP contribution in [-0.4, -0.2) is 237 Å². The number of aromatic nitrogens is 4. The van der Waals surface area contributed by atoms with E-state index in [4.69, 9.17) is 18.9 Å². The smallest absolute Gasteiger partial charge is 0.329 e. The molecule has 5 heterocycles. The maximum Gasteiger partial charge on any atom is 0.329 e. The molecule has 9 rings (SSSR count). The number of carbonyl (C=O) groups excluding carboxylic acids is 12. The number of nitrogens with one attached hydrogen (secondary N) is 4. The van der Waals surface area contributed by atoms with E-state index in [1.807, 2.05) is 12.1 Å². The second kappa shape index (κ2) is 34.7. The number of esters is 2. The number of hydrogen-bond donors (Lipinski definition) is 4. The van der Waals surface area contributed by atoms with Gasteiger partial charge in [-0.15, -0.1) is 0 Å². The first-order valence-corrected chi connectivity index (χ1v) is 33.9. The van der Waals surface area contributed by atoms with Crippen molar-refractivity contribution in [1.82, 2.24) is 70.6 Å². The molecule has 0 unspecified atom stereocenters. The highest BCUT2D eigenvalue weighted by atomic mass is 16.5. The lowest BCUT2D eigenvalue weighted by Crippen LogP contribution is -2.59. The van der Waals surface area contributed by atoms with Crippen molar-refractivity contribution in [2.75, 3.05) is 80.7 Å². The average Bonchev–Trinajstić information content (AvgIpc) is 0.804. The molecule has 3 saturated heterocycles. The SMILES string of the molecule is CC(C)[C@H]1C(=O)OC[C@@H](NC(=O)c2nc3ccccc3nc2OCc2ccccc2)C(=O)N2CCCC[C@H]2C(=O)NCC(=O)N(C)CC(=O)N(C)[C@@H](C(C)C)C(=O)OC[C@@H](NC(=O)c2nc3ccccc3nc2OCc2ccccc2)C(=O)N2CCCC[C@H]2C(=O)NCC(=O)N(C)CC(=O)N1C. The van der Waals surface area contributed by atoms with Gasteiger partial charge in [-0.3, -0.25) is 47.9 Å². The van der Waals surface area contributed by atoms with Crippen LogP contribution in [0.25, 0.3) is 22.1 Å². The minimum atomic E-state index is -1.73. The van der Waals surface area contributed by atoms with Crippen molar-refractivity contribution in [3.05, 3.63) is 132 Å². The van der Waals surface area contributed by atoms with Crippen LogP contribution in [0.3, 0.4) is 0 Å². The lowest BCUT2D eigenvalue weighted by molar-refractivity contribution is -0.159. The van der Waals surface area contributed by atoms with Crippen LogP contribution in [0, 0.1) is 11.8 Å². The number of ether oxygens (including phenoxy) is 4. The van der Waals surface area contributed by atoms with E-state index in [-0.39, 0.29) is 62.3 Å². The Balaban J connectivity index is 0.996. The summed E-state index contributed by atoms with van der Waals surface area (Å²) >= 11 is 0. The van der Waals surface area contributed by atoms with Gasteiger partial charge in [0.1, 0.15) is 62.7 Å². The Morgan fingerprint density at radius 2 is 0.824 bits per heavy atom. The number of likely N-dealkylation sites (N-methyl/N-ethyl adjacent to an activating group) is 4. The zero-order chi connectivity index (χ0) is 73.3. The Labute approximate surface area is 589 Å². The number of nitrogens with zero attached hydrogens (tertiary/aromatic N) is 10. The summed E-state index contributed by atoms with van der Waals surface area (Å²) < 4.78 is 24.0. The van der Waals surface area contributed by atoms with Gasteiger partial charge < -0.3 is 69.6 Å². The van der Waals surface area contributed by atoms with Gasteiger partial charge in [-0.2, -0.15) is 0 Å². The van der Waals surface area contributed by atoms with Crippen LogP contribution >= 0.6 is 0 Å². The van der Waals surface area contributed by atoms with E-state index in [0.717, 1.165) is 30.7 Å². The Kier molecular flexibility index (Phi) is 25.5. The lowest BCUT2D eigenvalue weighted by atomic mass is 10.00. The third-order valence-corrected chi connectivity index (χ3v) is 17.9. The molecule has 0 spiro atoms. The van der Waals surface area contributed by atoms with E-state index in [2.05, 4.69) is 41.2 Å². The first-order chi connectivity index (χ1) is 48.9.